The lowest BCUT2D eigenvalue weighted by molar-refractivity contribution is -0.135. The van der Waals surface area contributed by atoms with Gasteiger partial charge in [-0.25, -0.2) is 0 Å². The van der Waals surface area contributed by atoms with Crippen LogP contribution in [0.2, 0.25) is 0 Å². The Labute approximate surface area is 89.2 Å². The summed E-state index contributed by atoms with van der Waals surface area (Å²) in [5.74, 6) is 0.0748. The molecule has 0 aliphatic carbocycles. The van der Waals surface area contributed by atoms with Crippen molar-refractivity contribution in [2.24, 2.45) is 0 Å². The number of rotatable bonds is 1. The van der Waals surface area contributed by atoms with E-state index < -0.39 is 0 Å². The quantitative estimate of drug-likeness (QED) is 0.590. The maximum Gasteiger partial charge on any atom is 0.245 e. The van der Waals surface area contributed by atoms with Gasteiger partial charge in [0.05, 0.1) is 0 Å². The Morgan fingerprint density at radius 1 is 1.53 bits per heavy atom. The van der Waals surface area contributed by atoms with Crippen LogP contribution in [-0.2, 0) is 9.59 Å². The van der Waals surface area contributed by atoms with E-state index in [1.807, 2.05) is 4.90 Å². The fourth-order valence-corrected chi connectivity index (χ4v) is 2.15. The SMILES string of the molecule is C[C@H]1CN(C(=O)C2CCC(=O)N2)CCN1. The number of piperazine rings is 1. The van der Waals surface area contributed by atoms with Gasteiger partial charge >= 0.3 is 0 Å². The van der Waals surface area contributed by atoms with Gasteiger partial charge in [0.15, 0.2) is 0 Å². The van der Waals surface area contributed by atoms with Gasteiger partial charge < -0.3 is 15.5 Å². The Kier molecular flexibility index (Phi) is 2.90. The van der Waals surface area contributed by atoms with Gasteiger partial charge in [0.1, 0.15) is 6.04 Å². The maximum absolute atomic E-state index is 12.0. The zero-order valence-corrected chi connectivity index (χ0v) is 8.95. The predicted molar refractivity (Wildman–Crippen MR) is 55.2 cm³/mol. The first-order valence-electron chi connectivity index (χ1n) is 5.48. The summed E-state index contributed by atoms with van der Waals surface area (Å²) >= 11 is 0. The van der Waals surface area contributed by atoms with Crippen molar-refractivity contribution in [2.45, 2.75) is 31.8 Å². The van der Waals surface area contributed by atoms with E-state index in [0.29, 0.717) is 18.9 Å². The maximum atomic E-state index is 12.0. The molecule has 0 bridgehead atoms. The molecule has 0 radical (unpaired) electrons. The molecule has 0 aromatic heterocycles. The van der Waals surface area contributed by atoms with Crippen molar-refractivity contribution >= 4 is 11.8 Å². The van der Waals surface area contributed by atoms with Crippen LogP contribution in [0.3, 0.4) is 0 Å². The molecule has 2 atom stereocenters. The molecular formula is C10H17N3O2. The van der Waals surface area contributed by atoms with E-state index in [1.54, 1.807) is 0 Å². The third-order valence-electron chi connectivity index (χ3n) is 2.97. The molecule has 5 heteroatoms. The monoisotopic (exact) mass is 211 g/mol. The van der Waals surface area contributed by atoms with E-state index in [2.05, 4.69) is 17.6 Å². The summed E-state index contributed by atoms with van der Waals surface area (Å²) in [6.07, 6.45) is 1.13. The van der Waals surface area contributed by atoms with E-state index in [-0.39, 0.29) is 17.9 Å². The largest absolute Gasteiger partial charge is 0.344 e. The number of nitrogens with one attached hydrogen (secondary N) is 2. The van der Waals surface area contributed by atoms with Gasteiger partial charge in [0.2, 0.25) is 11.8 Å². The molecule has 1 unspecified atom stereocenters. The van der Waals surface area contributed by atoms with Gasteiger partial charge in [-0.05, 0) is 13.3 Å². The molecule has 2 N–H and O–H groups in total. The molecular weight excluding hydrogens is 194 g/mol. The van der Waals surface area contributed by atoms with E-state index in [4.69, 9.17) is 0 Å². The zero-order valence-electron chi connectivity index (χ0n) is 8.95. The average Bonchev–Trinajstić information content (AvgIpc) is 2.64. The minimum absolute atomic E-state index is 0.00321. The van der Waals surface area contributed by atoms with Gasteiger partial charge in [-0.1, -0.05) is 0 Å². The molecule has 2 aliphatic heterocycles. The lowest BCUT2D eigenvalue weighted by atomic mass is 10.1. The summed E-state index contributed by atoms with van der Waals surface area (Å²) in [5.41, 5.74) is 0. The van der Waals surface area contributed by atoms with Crippen molar-refractivity contribution < 1.29 is 9.59 Å². The normalized spacial score (nSPS) is 31.5. The standard InChI is InChI=1S/C10H17N3O2/c1-7-6-13(5-4-11-7)10(15)8-2-3-9(14)12-8/h7-8,11H,2-6H2,1H3,(H,12,14)/t7-,8?/m0/s1. The van der Waals surface area contributed by atoms with E-state index in [9.17, 15) is 9.59 Å². The number of hydrogen-bond donors (Lipinski definition) is 2. The Bertz CT molecular complexity index is 280. The molecule has 2 amide bonds. The molecule has 2 fully saturated rings. The van der Waals surface area contributed by atoms with Crippen molar-refractivity contribution in [2.75, 3.05) is 19.6 Å². The highest BCUT2D eigenvalue weighted by atomic mass is 16.2. The van der Waals surface area contributed by atoms with Crippen molar-refractivity contribution in [3.63, 3.8) is 0 Å². The summed E-state index contributed by atoms with van der Waals surface area (Å²) in [6.45, 7) is 4.39. The number of carbonyl (C=O) groups excluding carboxylic acids is 2. The van der Waals surface area contributed by atoms with Crippen LogP contribution in [0.4, 0.5) is 0 Å². The van der Waals surface area contributed by atoms with Crippen LogP contribution in [-0.4, -0.2) is 48.4 Å². The number of amides is 2. The molecule has 0 aromatic carbocycles. The Morgan fingerprint density at radius 3 is 2.93 bits per heavy atom. The predicted octanol–water partition coefficient (Wildman–Crippen LogP) is -0.915. The first-order valence-corrected chi connectivity index (χ1v) is 5.48. The van der Waals surface area contributed by atoms with E-state index in [0.717, 1.165) is 19.6 Å². The highest BCUT2D eigenvalue weighted by Crippen LogP contribution is 2.11. The van der Waals surface area contributed by atoms with Crippen LogP contribution in [0.5, 0.6) is 0 Å². The highest BCUT2D eigenvalue weighted by molar-refractivity contribution is 5.90. The smallest absolute Gasteiger partial charge is 0.245 e. The average molecular weight is 211 g/mol. The molecule has 2 rings (SSSR count). The first kappa shape index (κ1) is 10.4. The van der Waals surface area contributed by atoms with Crippen LogP contribution in [0, 0.1) is 0 Å². The second-order valence-electron chi connectivity index (χ2n) is 4.30. The van der Waals surface area contributed by atoms with E-state index in [1.165, 1.54) is 0 Å². The Hall–Kier alpha value is -1.10. The van der Waals surface area contributed by atoms with Crippen molar-refractivity contribution in [1.82, 2.24) is 15.5 Å². The van der Waals surface area contributed by atoms with Crippen LogP contribution < -0.4 is 10.6 Å². The Balaban J connectivity index is 1.92. The topological polar surface area (TPSA) is 61.4 Å². The van der Waals surface area contributed by atoms with Crippen molar-refractivity contribution in [1.29, 1.82) is 0 Å². The molecule has 0 aromatic rings. The second kappa shape index (κ2) is 4.18. The minimum atomic E-state index is -0.275. The summed E-state index contributed by atoms with van der Waals surface area (Å²) in [5, 5.41) is 6.00. The third-order valence-corrected chi connectivity index (χ3v) is 2.97. The highest BCUT2D eigenvalue weighted by Gasteiger charge is 2.32. The summed E-state index contributed by atoms with van der Waals surface area (Å²) < 4.78 is 0. The molecule has 2 heterocycles. The van der Waals surface area contributed by atoms with Gasteiger partial charge in [0.25, 0.3) is 0 Å². The van der Waals surface area contributed by atoms with Gasteiger partial charge in [-0.2, -0.15) is 0 Å². The van der Waals surface area contributed by atoms with Gasteiger partial charge in [-0.3, -0.25) is 9.59 Å². The zero-order chi connectivity index (χ0) is 10.8. The number of nitrogens with zero attached hydrogens (tertiary/aromatic N) is 1. The van der Waals surface area contributed by atoms with Crippen molar-refractivity contribution in [3.05, 3.63) is 0 Å². The summed E-state index contributed by atoms with van der Waals surface area (Å²) in [6, 6.07) is 0.0719. The Morgan fingerprint density at radius 2 is 2.33 bits per heavy atom. The lowest BCUT2D eigenvalue weighted by Crippen LogP contribution is -2.55. The first-order chi connectivity index (χ1) is 7.16. The molecule has 0 saturated carbocycles. The second-order valence-corrected chi connectivity index (χ2v) is 4.30. The number of hydrogen-bond acceptors (Lipinski definition) is 3. The molecule has 5 nitrogen and oxygen atoms in total. The minimum Gasteiger partial charge on any atom is -0.344 e. The third kappa shape index (κ3) is 2.28. The number of carbonyl (C=O) groups is 2. The van der Waals surface area contributed by atoms with Crippen LogP contribution in [0.15, 0.2) is 0 Å². The van der Waals surface area contributed by atoms with Crippen LogP contribution in [0.1, 0.15) is 19.8 Å². The summed E-state index contributed by atoms with van der Waals surface area (Å²) in [4.78, 5) is 24.8. The molecule has 2 saturated heterocycles. The fraction of sp³-hybridized carbons (Fsp3) is 0.800. The molecule has 0 spiro atoms. The molecule has 84 valence electrons. The van der Waals surface area contributed by atoms with Gasteiger partial charge in [0, 0.05) is 32.1 Å². The van der Waals surface area contributed by atoms with Crippen LogP contribution in [0.25, 0.3) is 0 Å². The van der Waals surface area contributed by atoms with Gasteiger partial charge in [-0.15, -0.1) is 0 Å². The lowest BCUT2D eigenvalue weighted by Gasteiger charge is -2.33. The molecule has 15 heavy (non-hydrogen) atoms. The summed E-state index contributed by atoms with van der Waals surface area (Å²) in [7, 11) is 0. The van der Waals surface area contributed by atoms with Crippen molar-refractivity contribution in [3.8, 4) is 0 Å². The van der Waals surface area contributed by atoms with E-state index >= 15 is 0 Å². The molecule has 2 aliphatic rings. The fourth-order valence-electron chi connectivity index (χ4n) is 2.15. The van der Waals surface area contributed by atoms with Crippen LogP contribution >= 0.6 is 0 Å².